The summed E-state index contributed by atoms with van der Waals surface area (Å²) in [4.78, 5) is 61.5. The number of nitrogens with zero attached hydrogens (tertiary/aromatic N) is 3. The van der Waals surface area contributed by atoms with E-state index in [4.69, 9.17) is 17.2 Å². The van der Waals surface area contributed by atoms with Crippen LogP contribution >= 0.6 is 0 Å². The van der Waals surface area contributed by atoms with E-state index < -0.39 is 47.9 Å². The Balaban J connectivity index is 1.91. The number of carboxylic acid groups (broad SMARTS) is 1. The minimum absolute atomic E-state index is 0.0231. The maximum atomic E-state index is 12.9. The van der Waals surface area contributed by atoms with Crippen LogP contribution < -0.4 is 27.8 Å². The van der Waals surface area contributed by atoms with Gasteiger partial charge in [-0.05, 0) is 32.6 Å². The smallest absolute Gasteiger partial charge is 0.326 e. The zero-order chi connectivity index (χ0) is 25.3. The molecule has 4 unspecified atom stereocenters. The molecule has 2 rings (SSSR count). The number of H-pyrrole nitrogens is 1. The number of imidazole rings is 1. The van der Waals surface area contributed by atoms with Gasteiger partial charge >= 0.3 is 5.97 Å². The number of nitrogens with two attached hydrogens (primary N) is 3. The second-order valence-electron chi connectivity index (χ2n) is 8.16. The molecule has 1 aliphatic rings. The number of guanidine groups is 1. The molecule has 14 heteroatoms. The maximum absolute atomic E-state index is 12.9. The molecular formula is C20H33N9O5. The quantitative estimate of drug-likeness (QED) is 0.0943. The van der Waals surface area contributed by atoms with Crippen LogP contribution in [0.2, 0.25) is 0 Å². The predicted octanol–water partition coefficient (Wildman–Crippen LogP) is -2.60. The number of aliphatic carboxylic acids is 1. The highest BCUT2D eigenvalue weighted by molar-refractivity contribution is 5.94. The molecule has 0 aromatic carbocycles. The van der Waals surface area contributed by atoms with E-state index in [2.05, 4.69) is 25.6 Å². The fourth-order valence-electron chi connectivity index (χ4n) is 3.67. The molecule has 1 aliphatic heterocycles. The molecule has 4 atom stereocenters. The van der Waals surface area contributed by atoms with Gasteiger partial charge in [-0.25, -0.2) is 9.78 Å². The summed E-state index contributed by atoms with van der Waals surface area (Å²) in [5.74, 6) is -2.76. The molecule has 0 saturated carbocycles. The summed E-state index contributed by atoms with van der Waals surface area (Å²) >= 11 is 0. The highest BCUT2D eigenvalue weighted by atomic mass is 16.4. The van der Waals surface area contributed by atoms with Gasteiger partial charge in [-0.3, -0.25) is 19.4 Å². The van der Waals surface area contributed by atoms with E-state index >= 15 is 0 Å². The van der Waals surface area contributed by atoms with Crippen molar-refractivity contribution >= 4 is 29.7 Å². The number of hydrogen-bond acceptors (Lipinski definition) is 7. The van der Waals surface area contributed by atoms with Crippen molar-refractivity contribution in [3.8, 4) is 0 Å². The van der Waals surface area contributed by atoms with E-state index in [0.717, 1.165) is 0 Å². The Labute approximate surface area is 196 Å². The molecule has 1 aromatic heterocycles. The van der Waals surface area contributed by atoms with E-state index in [0.29, 0.717) is 44.5 Å². The highest BCUT2D eigenvalue weighted by Crippen LogP contribution is 2.19. The van der Waals surface area contributed by atoms with Crippen LogP contribution in [0, 0.1) is 0 Å². The van der Waals surface area contributed by atoms with Gasteiger partial charge in [0.1, 0.15) is 18.1 Å². The number of amides is 3. The SMILES string of the molecule is CC(NC(=O)C(N)CCCN=C(N)N)C(=O)N1CCCC1C(=O)NC(Cc1cnc[nH]1)C(=O)O. The standard InChI is InChI=1S/C20H33N9O5/c1-11(27-16(30)13(21)4-2-6-25-20(22)23)18(32)29-7-3-5-15(29)17(31)28-14(19(33)34)8-12-9-24-10-26-12/h9-11,13-15H,2-8,21H2,1H3,(H,24,26)(H,27,30)(H,28,31)(H,33,34)(H4,22,23,25). The Morgan fingerprint density at radius 2 is 2.06 bits per heavy atom. The molecule has 188 valence electrons. The minimum Gasteiger partial charge on any atom is -0.480 e. The van der Waals surface area contributed by atoms with Crippen LogP contribution in [0.4, 0.5) is 0 Å². The Kier molecular flexibility index (Phi) is 9.79. The molecule has 1 aromatic rings. The Morgan fingerprint density at radius 3 is 2.68 bits per heavy atom. The first-order valence-electron chi connectivity index (χ1n) is 11.0. The van der Waals surface area contributed by atoms with Crippen molar-refractivity contribution in [3.05, 3.63) is 18.2 Å². The molecule has 0 spiro atoms. The van der Waals surface area contributed by atoms with Crippen molar-refractivity contribution in [1.29, 1.82) is 0 Å². The first kappa shape index (κ1) is 26.6. The van der Waals surface area contributed by atoms with Crippen LogP contribution in [0.15, 0.2) is 17.5 Å². The van der Waals surface area contributed by atoms with Crippen LogP contribution in [0.25, 0.3) is 0 Å². The Bertz CT molecular complexity index is 885. The first-order chi connectivity index (χ1) is 16.1. The van der Waals surface area contributed by atoms with E-state index in [9.17, 15) is 24.3 Å². The number of nitrogens with one attached hydrogen (secondary N) is 3. The molecule has 14 nitrogen and oxygen atoms in total. The van der Waals surface area contributed by atoms with Gasteiger partial charge in [-0.15, -0.1) is 0 Å². The lowest BCUT2D eigenvalue weighted by molar-refractivity contribution is -0.144. The van der Waals surface area contributed by atoms with Gasteiger partial charge in [-0.1, -0.05) is 0 Å². The number of aromatic amines is 1. The molecular weight excluding hydrogens is 446 g/mol. The van der Waals surface area contributed by atoms with E-state index in [1.807, 2.05) is 0 Å². The van der Waals surface area contributed by atoms with Crippen molar-refractivity contribution in [2.75, 3.05) is 13.1 Å². The average Bonchev–Trinajstić information content (AvgIpc) is 3.47. The number of carboxylic acids is 1. The molecule has 0 radical (unpaired) electrons. The predicted molar refractivity (Wildman–Crippen MR) is 122 cm³/mol. The van der Waals surface area contributed by atoms with Crippen molar-refractivity contribution in [3.63, 3.8) is 0 Å². The second-order valence-corrected chi connectivity index (χ2v) is 8.16. The van der Waals surface area contributed by atoms with Gasteiger partial charge in [0.25, 0.3) is 0 Å². The van der Waals surface area contributed by atoms with Gasteiger partial charge in [0.05, 0.1) is 12.4 Å². The largest absolute Gasteiger partial charge is 0.480 e. The van der Waals surface area contributed by atoms with Crippen LogP contribution in [0.3, 0.4) is 0 Å². The number of aromatic nitrogens is 2. The molecule has 1 saturated heterocycles. The average molecular weight is 480 g/mol. The normalized spacial score (nSPS) is 17.9. The van der Waals surface area contributed by atoms with Crippen LogP contribution in [0.5, 0.6) is 0 Å². The fourth-order valence-corrected chi connectivity index (χ4v) is 3.67. The van der Waals surface area contributed by atoms with Crippen molar-refractivity contribution < 1.29 is 24.3 Å². The number of hydrogen-bond donors (Lipinski definition) is 7. The van der Waals surface area contributed by atoms with Crippen LogP contribution in [-0.2, 0) is 25.6 Å². The van der Waals surface area contributed by atoms with E-state index in [1.165, 1.54) is 24.3 Å². The topological polar surface area (TPSA) is 235 Å². The third-order valence-electron chi connectivity index (χ3n) is 5.47. The summed E-state index contributed by atoms with van der Waals surface area (Å²) in [6.45, 7) is 2.16. The molecule has 10 N–H and O–H groups in total. The second kappa shape index (κ2) is 12.5. The van der Waals surface area contributed by atoms with Gasteiger partial charge in [-0.2, -0.15) is 0 Å². The summed E-state index contributed by atoms with van der Waals surface area (Å²) in [6.07, 6.45) is 4.70. The minimum atomic E-state index is -1.20. The monoisotopic (exact) mass is 479 g/mol. The summed E-state index contributed by atoms with van der Waals surface area (Å²) in [7, 11) is 0. The number of rotatable bonds is 12. The van der Waals surface area contributed by atoms with Crippen molar-refractivity contribution in [2.24, 2.45) is 22.2 Å². The molecule has 1 fully saturated rings. The lowest BCUT2D eigenvalue weighted by atomic mass is 10.1. The zero-order valence-electron chi connectivity index (χ0n) is 19.1. The van der Waals surface area contributed by atoms with Gasteiger partial charge < -0.3 is 42.8 Å². The lowest BCUT2D eigenvalue weighted by Crippen LogP contribution is -2.56. The number of aliphatic imine (C=N–C) groups is 1. The fraction of sp³-hybridized carbons (Fsp3) is 0.600. The van der Waals surface area contributed by atoms with Crippen molar-refractivity contribution in [2.45, 2.75) is 63.2 Å². The maximum Gasteiger partial charge on any atom is 0.326 e. The lowest BCUT2D eigenvalue weighted by Gasteiger charge is -2.28. The van der Waals surface area contributed by atoms with Crippen LogP contribution in [0.1, 0.15) is 38.3 Å². The van der Waals surface area contributed by atoms with Gasteiger partial charge in [0.15, 0.2) is 5.96 Å². The summed E-state index contributed by atoms with van der Waals surface area (Å²) in [5, 5.41) is 14.6. The molecule has 3 amide bonds. The zero-order valence-corrected chi connectivity index (χ0v) is 19.1. The van der Waals surface area contributed by atoms with Gasteiger partial charge in [0, 0.05) is 31.4 Å². The highest BCUT2D eigenvalue weighted by Gasteiger charge is 2.38. The third kappa shape index (κ3) is 7.72. The van der Waals surface area contributed by atoms with Crippen molar-refractivity contribution in [1.82, 2.24) is 25.5 Å². The number of likely N-dealkylation sites (tertiary alicyclic amines) is 1. The summed E-state index contributed by atoms with van der Waals surface area (Å²) < 4.78 is 0. The number of carbonyl (C=O) groups is 4. The van der Waals surface area contributed by atoms with Crippen LogP contribution in [-0.4, -0.2) is 86.9 Å². The van der Waals surface area contributed by atoms with E-state index in [1.54, 1.807) is 0 Å². The Morgan fingerprint density at radius 1 is 1.32 bits per heavy atom. The molecule has 2 heterocycles. The first-order valence-corrected chi connectivity index (χ1v) is 11.0. The third-order valence-corrected chi connectivity index (χ3v) is 5.47. The Hall–Kier alpha value is -3.68. The number of carbonyl (C=O) groups excluding carboxylic acids is 3. The summed E-state index contributed by atoms with van der Waals surface area (Å²) in [5.41, 5.74) is 16.9. The molecule has 0 bridgehead atoms. The summed E-state index contributed by atoms with van der Waals surface area (Å²) in [6, 6.07) is -3.77. The molecule has 34 heavy (non-hydrogen) atoms. The van der Waals surface area contributed by atoms with Gasteiger partial charge in [0.2, 0.25) is 17.7 Å². The van der Waals surface area contributed by atoms with E-state index in [-0.39, 0.29) is 12.4 Å². The molecule has 0 aliphatic carbocycles.